The summed E-state index contributed by atoms with van der Waals surface area (Å²) in [7, 11) is 0. The first-order chi connectivity index (χ1) is 11.1. The fourth-order valence-electron chi connectivity index (χ4n) is 3.10. The number of anilines is 1. The second-order valence-electron chi connectivity index (χ2n) is 6.18. The van der Waals surface area contributed by atoms with Gasteiger partial charge in [-0.1, -0.05) is 23.4 Å². The summed E-state index contributed by atoms with van der Waals surface area (Å²) >= 11 is 0. The summed E-state index contributed by atoms with van der Waals surface area (Å²) in [6.07, 6.45) is 3.05. The average molecular weight is 314 g/mol. The maximum atomic E-state index is 12.6. The highest BCUT2D eigenvalue weighted by Crippen LogP contribution is 2.41. The highest BCUT2D eigenvalue weighted by Gasteiger charge is 2.44. The molecule has 2 heterocycles. The first-order valence-corrected chi connectivity index (χ1v) is 7.77. The van der Waals surface area contributed by atoms with Crippen LogP contribution in [0.5, 0.6) is 5.75 Å². The smallest absolute Gasteiger partial charge is 0.329 e. The summed E-state index contributed by atoms with van der Waals surface area (Å²) in [6, 6.07) is 7.75. The Kier molecular flexibility index (Phi) is 3.21. The fourth-order valence-corrected chi connectivity index (χ4v) is 3.10. The van der Waals surface area contributed by atoms with E-state index in [0.717, 1.165) is 30.6 Å². The maximum Gasteiger partial charge on any atom is 0.329 e. The first kappa shape index (κ1) is 14.0. The van der Waals surface area contributed by atoms with Gasteiger partial charge in [0.1, 0.15) is 11.4 Å². The number of nitrogens with one attached hydrogen (secondary N) is 1. The molecule has 2 aromatic rings. The minimum absolute atomic E-state index is 0.119. The Labute approximate surface area is 133 Å². The van der Waals surface area contributed by atoms with Gasteiger partial charge in [0, 0.05) is 5.56 Å². The van der Waals surface area contributed by atoms with Gasteiger partial charge in [-0.3, -0.25) is 5.32 Å². The molecule has 4 rings (SSSR count). The van der Waals surface area contributed by atoms with Gasteiger partial charge in [-0.05, 0) is 32.3 Å². The lowest BCUT2D eigenvalue weighted by atomic mass is 9.79. The maximum absolute atomic E-state index is 12.6. The van der Waals surface area contributed by atoms with E-state index in [4.69, 9.17) is 9.26 Å². The minimum Gasteiger partial charge on any atom is -0.485 e. The van der Waals surface area contributed by atoms with E-state index in [1.54, 1.807) is 11.8 Å². The zero-order chi connectivity index (χ0) is 15.9. The number of hydrogen-bond acceptors (Lipinski definition) is 5. The van der Waals surface area contributed by atoms with Crippen LogP contribution in [0.3, 0.4) is 0 Å². The number of aryl methyl sites for hydroxylation is 1. The van der Waals surface area contributed by atoms with Crippen molar-refractivity contribution in [2.45, 2.75) is 38.3 Å². The Morgan fingerprint density at radius 2 is 2.17 bits per heavy atom. The third-order valence-electron chi connectivity index (χ3n) is 4.43. The van der Waals surface area contributed by atoms with Gasteiger partial charge < -0.3 is 14.2 Å². The van der Waals surface area contributed by atoms with Crippen molar-refractivity contribution in [3.05, 3.63) is 35.7 Å². The number of nitrogens with zero attached hydrogens (tertiary/aromatic N) is 3. The zero-order valence-corrected chi connectivity index (χ0v) is 12.9. The van der Waals surface area contributed by atoms with Crippen molar-refractivity contribution in [1.29, 1.82) is 0 Å². The zero-order valence-electron chi connectivity index (χ0n) is 12.9. The molecule has 0 bridgehead atoms. The lowest BCUT2D eigenvalue weighted by molar-refractivity contribution is -0.0199. The summed E-state index contributed by atoms with van der Waals surface area (Å²) in [5.41, 5.74) is 0.738. The van der Waals surface area contributed by atoms with Crippen LogP contribution in [0.1, 0.15) is 30.7 Å². The summed E-state index contributed by atoms with van der Waals surface area (Å²) < 4.78 is 11.2. The predicted octanol–water partition coefficient (Wildman–Crippen LogP) is 2.73. The molecule has 2 aliphatic rings. The van der Waals surface area contributed by atoms with E-state index in [1.165, 1.54) is 0 Å². The summed E-state index contributed by atoms with van der Waals surface area (Å²) in [5, 5.41) is 6.35. The highest BCUT2D eigenvalue weighted by molar-refractivity contribution is 5.87. The largest absolute Gasteiger partial charge is 0.485 e. The predicted molar refractivity (Wildman–Crippen MR) is 82.1 cm³/mol. The molecular formula is C16H18N4O3. The fraction of sp³-hybridized carbons (Fsp3) is 0.438. The van der Waals surface area contributed by atoms with Gasteiger partial charge in [0.15, 0.2) is 5.82 Å². The molecule has 1 aromatic carbocycles. The molecule has 0 unspecified atom stereocenters. The summed E-state index contributed by atoms with van der Waals surface area (Å²) in [6.45, 7) is 2.76. The standard InChI is InChI=1S/C16H18N4O3/c1-11-17-14(23-19-11)18-15(21)20-9-12-5-2-3-6-13(12)22-16(10-20)7-4-8-16/h2-3,5-6H,4,7-10H2,1H3,(H,17,18,19,21). The molecule has 1 N–H and O–H groups in total. The van der Waals surface area contributed by atoms with E-state index in [0.29, 0.717) is 18.9 Å². The SMILES string of the molecule is Cc1noc(NC(=O)N2Cc3ccccc3OC3(CCC3)C2)n1. The minimum atomic E-state index is -0.269. The third kappa shape index (κ3) is 2.62. The molecule has 0 saturated heterocycles. The lowest BCUT2D eigenvalue weighted by Gasteiger charge is -2.42. The molecule has 1 aromatic heterocycles. The molecule has 1 saturated carbocycles. The Hall–Kier alpha value is -2.57. The number of hydrogen-bond donors (Lipinski definition) is 1. The number of aromatic nitrogens is 2. The molecular weight excluding hydrogens is 296 g/mol. The molecule has 7 nitrogen and oxygen atoms in total. The molecule has 1 aliphatic heterocycles. The monoisotopic (exact) mass is 314 g/mol. The van der Waals surface area contributed by atoms with Crippen molar-refractivity contribution >= 4 is 12.0 Å². The number of ether oxygens (including phenoxy) is 1. The summed E-state index contributed by atoms with van der Waals surface area (Å²) in [4.78, 5) is 18.4. The van der Waals surface area contributed by atoms with E-state index in [1.807, 2.05) is 24.3 Å². The van der Waals surface area contributed by atoms with Crippen molar-refractivity contribution in [2.75, 3.05) is 11.9 Å². The number of rotatable bonds is 1. The van der Waals surface area contributed by atoms with Crippen LogP contribution in [0.15, 0.2) is 28.8 Å². The number of amides is 2. The van der Waals surface area contributed by atoms with Crippen molar-refractivity contribution in [3.63, 3.8) is 0 Å². The molecule has 1 spiro atoms. The molecule has 0 atom stereocenters. The van der Waals surface area contributed by atoms with E-state index in [9.17, 15) is 4.79 Å². The summed E-state index contributed by atoms with van der Waals surface area (Å²) in [5.74, 6) is 1.36. The number of para-hydroxylation sites is 1. The van der Waals surface area contributed by atoms with Crippen LogP contribution in [0, 0.1) is 6.92 Å². The number of benzene rings is 1. The number of urea groups is 1. The molecule has 1 aliphatic carbocycles. The first-order valence-electron chi connectivity index (χ1n) is 7.77. The van der Waals surface area contributed by atoms with E-state index < -0.39 is 0 Å². The Balaban J connectivity index is 1.58. The Morgan fingerprint density at radius 3 is 2.87 bits per heavy atom. The molecule has 2 amide bonds. The van der Waals surface area contributed by atoms with Gasteiger partial charge in [-0.15, -0.1) is 0 Å². The second-order valence-corrected chi connectivity index (χ2v) is 6.18. The number of carbonyl (C=O) groups is 1. The van der Waals surface area contributed by atoms with Crippen LogP contribution in [0.4, 0.5) is 10.8 Å². The molecule has 0 radical (unpaired) electrons. The second kappa shape index (κ2) is 5.26. The van der Waals surface area contributed by atoms with Crippen molar-refractivity contribution in [2.24, 2.45) is 0 Å². The highest BCUT2D eigenvalue weighted by atomic mass is 16.5. The van der Waals surface area contributed by atoms with Crippen LogP contribution >= 0.6 is 0 Å². The van der Waals surface area contributed by atoms with Crippen LogP contribution in [0.25, 0.3) is 0 Å². The van der Waals surface area contributed by atoms with Crippen molar-refractivity contribution in [1.82, 2.24) is 15.0 Å². The molecule has 1 fully saturated rings. The van der Waals surface area contributed by atoms with Gasteiger partial charge in [0.05, 0.1) is 13.1 Å². The Bertz CT molecular complexity index is 738. The number of fused-ring (bicyclic) bond motifs is 1. The van der Waals surface area contributed by atoms with Crippen LogP contribution in [-0.4, -0.2) is 33.2 Å². The van der Waals surface area contributed by atoms with Crippen LogP contribution in [-0.2, 0) is 6.54 Å². The number of carbonyl (C=O) groups excluding carboxylic acids is 1. The molecule has 23 heavy (non-hydrogen) atoms. The average Bonchev–Trinajstić information content (AvgIpc) is 2.82. The van der Waals surface area contributed by atoms with E-state index >= 15 is 0 Å². The quantitative estimate of drug-likeness (QED) is 0.875. The van der Waals surface area contributed by atoms with Crippen molar-refractivity contribution in [3.8, 4) is 5.75 Å². The van der Waals surface area contributed by atoms with Gasteiger partial charge in [-0.25, -0.2) is 4.79 Å². The van der Waals surface area contributed by atoms with E-state index in [2.05, 4.69) is 15.5 Å². The van der Waals surface area contributed by atoms with Crippen LogP contribution < -0.4 is 10.1 Å². The third-order valence-corrected chi connectivity index (χ3v) is 4.43. The van der Waals surface area contributed by atoms with Crippen LogP contribution in [0.2, 0.25) is 0 Å². The van der Waals surface area contributed by atoms with Crippen molar-refractivity contribution < 1.29 is 14.1 Å². The molecule has 7 heteroatoms. The lowest BCUT2D eigenvalue weighted by Crippen LogP contribution is -2.52. The molecule has 120 valence electrons. The van der Waals surface area contributed by atoms with E-state index in [-0.39, 0.29) is 17.6 Å². The van der Waals surface area contributed by atoms with Gasteiger partial charge in [0.25, 0.3) is 0 Å². The van der Waals surface area contributed by atoms with Gasteiger partial charge in [0.2, 0.25) is 0 Å². The topological polar surface area (TPSA) is 80.5 Å². The normalized spacial score (nSPS) is 18.6. The van der Waals surface area contributed by atoms with Gasteiger partial charge >= 0.3 is 12.0 Å². The van der Waals surface area contributed by atoms with Gasteiger partial charge in [-0.2, -0.15) is 4.98 Å². The Morgan fingerprint density at radius 1 is 1.35 bits per heavy atom.